The Morgan fingerprint density at radius 1 is 1.10 bits per heavy atom. The van der Waals surface area contributed by atoms with E-state index in [1.54, 1.807) is 6.21 Å². The molecule has 0 atom stereocenters. The van der Waals surface area contributed by atoms with Crippen LogP contribution in [0.5, 0.6) is 0 Å². The van der Waals surface area contributed by atoms with Gasteiger partial charge in [0.15, 0.2) is 0 Å². The van der Waals surface area contributed by atoms with Crippen molar-refractivity contribution in [2.75, 3.05) is 0 Å². The van der Waals surface area contributed by atoms with E-state index in [0.29, 0.717) is 6.42 Å². The zero-order chi connectivity index (χ0) is 14.9. The van der Waals surface area contributed by atoms with Crippen LogP contribution in [0.4, 0.5) is 0 Å². The van der Waals surface area contributed by atoms with Gasteiger partial charge in [-0.05, 0) is 24.5 Å². The Balaban J connectivity index is 1.71. The number of hydrogen-bond donors (Lipinski definition) is 1. The Bertz CT molecular complexity index is 611. The summed E-state index contributed by atoms with van der Waals surface area (Å²) in [4.78, 5) is 11.7. The Labute approximate surface area is 133 Å². The Kier molecular flexibility index (Phi) is 6.16. The number of carbonyl (C=O) groups is 1. The van der Waals surface area contributed by atoms with Gasteiger partial charge in [-0.25, -0.2) is 5.43 Å². The van der Waals surface area contributed by atoms with Crippen LogP contribution in [0.3, 0.4) is 0 Å². The largest absolute Gasteiger partial charge is 0.273 e. The molecule has 0 saturated heterocycles. The van der Waals surface area contributed by atoms with Gasteiger partial charge in [0.05, 0.1) is 6.21 Å². The number of hydrazone groups is 1. The first-order valence-electron chi connectivity index (χ1n) is 6.86. The standard InChI is InChI=1S/C17H17BrN2O/c18-16-11-5-4-10-15(16)13-19-20-17(21)12-6-9-14-7-2-1-3-8-14/h1-5,7-8,10-11,13H,6,9,12H2,(H,20,21)/b19-13-. The molecule has 0 spiro atoms. The van der Waals surface area contributed by atoms with E-state index in [9.17, 15) is 4.79 Å². The summed E-state index contributed by atoms with van der Waals surface area (Å²) in [5.74, 6) is -0.0609. The Morgan fingerprint density at radius 3 is 2.57 bits per heavy atom. The number of amides is 1. The Hall–Kier alpha value is -1.94. The third kappa shape index (κ3) is 5.52. The summed E-state index contributed by atoms with van der Waals surface area (Å²) in [5, 5.41) is 3.97. The average Bonchev–Trinajstić information content (AvgIpc) is 2.50. The van der Waals surface area contributed by atoms with Crippen LogP contribution in [-0.4, -0.2) is 12.1 Å². The van der Waals surface area contributed by atoms with Crippen LogP contribution in [0, 0.1) is 0 Å². The minimum absolute atomic E-state index is 0.0609. The van der Waals surface area contributed by atoms with Gasteiger partial charge in [0, 0.05) is 16.5 Å². The molecule has 0 radical (unpaired) electrons. The van der Waals surface area contributed by atoms with Crippen molar-refractivity contribution >= 4 is 28.1 Å². The molecule has 4 heteroatoms. The molecule has 21 heavy (non-hydrogen) atoms. The summed E-state index contributed by atoms with van der Waals surface area (Å²) < 4.78 is 0.951. The number of rotatable bonds is 6. The Morgan fingerprint density at radius 2 is 1.81 bits per heavy atom. The van der Waals surface area contributed by atoms with Crippen molar-refractivity contribution < 1.29 is 4.79 Å². The fourth-order valence-electron chi connectivity index (χ4n) is 1.91. The van der Waals surface area contributed by atoms with Gasteiger partial charge in [0.2, 0.25) is 5.91 Å². The molecule has 0 heterocycles. The van der Waals surface area contributed by atoms with E-state index in [0.717, 1.165) is 22.9 Å². The van der Waals surface area contributed by atoms with E-state index in [2.05, 4.69) is 38.6 Å². The van der Waals surface area contributed by atoms with Crippen molar-refractivity contribution in [2.24, 2.45) is 5.10 Å². The second-order valence-electron chi connectivity index (χ2n) is 4.65. The highest BCUT2D eigenvalue weighted by atomic mass is 79.9. The predicted molar refractivity (Wildman–Crippen MR) is 89.3 cm³/mol. The van der Waals surface area contributed by atoms with Crippen LogP contribution < -0.4 is 5.43 Å². The van der Waals surface area contributed by atoms with E-state index in [-0.39, 0.29) is 5.91 Å². The van der Waals surface area contributed by atoms with E-state index in [1.807, 2.05) is 42.5 Å². The van der Waals surface area contributed by atoms with Crippen LogP contribution in [0.2, 0.25) is 0 Å². The zero-order valence-electron chi connectivity index (χ0n) is 11.6. The predicted octanol–water partition coefficient (Wildman–Crippen LogP) is 3.92. The highest BCUT2D eigenvalue weighted by Crippen LogP contribution is 2.13. The van der Waals surface area contributed by atoms with E-state index < -0.39 is 0 Å². The number of hydrogen-bond acceptors (Lipinski definition) is 2. The maximum atomic E-state index is 11.7. The summed E-state index contributed by atoms with van der Waals surface area (Å²) in [6.45, 7) is 0. The van der Waals surface area contributed by atoms with Crippen molar-refractivity contribution in [3.8, 4) is 0 Å². The highest BCUT2D eigenvalue weighted by molar-refractivity contribution is 9.10. The third-order valence-corrected chi connectivity index (χ3v) is 3.73. The van der Waals surface area contributed by atoms with Gasteiger partial charge in [-0.2, -0.15) is 5.10 Å². The molecule has 0 unspecified atom stereocenters. The molecule has 0 saturated carbocycles. The van der Waals surface area contributed by atoms with Crippen molar-refractivity contribution in [1.29, 1.82) is 0 Å². The first-order valence-corrected chi connectivity index (χ1v) is 7.65. The molecule has 3 nitrogen and oxygen atoms in total. The first-order chi connectivity index (χ1) is 10.3. The third-order valence-electron chi connectivity index (χ3n) is 3.01. The second-order valence-corrected chi connectivity index (χ2v) is 5.51. The molecule has 0 aliphatic carbocycles. The number of nitrogens with zero attached hydrogens (tertiary/aromatic N) is 1. The zero-order valence-corrected chi connectivity index (χ0v) is 13.2. The van der Waals surface area contributed by atoms with Crippen molar-refractivity contribution in [3.63, 3.8) is 0 Å². The maximum Gasteiger partial charge on any atom is 0.240 e. The smallest absolute Gasteiger partial charge is 0.240 e. The van der Waals surface area contributed by atoms with Crippen LogP contribution in [0.15, 0.2) is 64.2 Å². The molecule has 2 aromatic rings. The molecule has 108 valence electrons. The topological polar surface area (TPSA) is 41.5 Å². The lowest BCUT2D eigenvalue weighted by atomic mass is 10.1. The lowest BCUT2D eigenvalue weighted by molar-refractivity contribution is -0.121. The number of benzene rings is 2. The van der Waals surface area contributed by atoms with Gasteiger partial charge >= 0.3 is 0 Å². The average molecular weight is 345 g/mol. The fourth-order valence-corrected chi connectivity index (χ4v) is 2.29. The minimum Gasteiger partial charge on any atom is -0.273 e. The summed E-state index contributed by atoms with van der Waals surface area (Å²) in [7, 11) is 0. The van der Waals surface area contributed by atoms with Crippen LogP contribution in [0.1, 0.15) is 24.0 Å². The van der Waals surface area contributed by atoms with Gasteiger partial charge in [-0.3, -0.25) is 4.79 Å². The van der Waals surface area contributed by atoms with E-state index >= 15 is 0 Å². The molecule has 1 N–H and O–H groups in total. The summed E-state index contributed by atoms with van der Waals surface area (Å²) in [6, 6.07) is 17.9. The molecule has 0 aliphatic rings. The number of halogens is 1. The van der Waals surface area contributed by atoms with Crippen LogP contribution in [0.25, 0.3) is 0 Å². The van der Waals surface area contributed by atoms with Gasteiger partial charge in [0.1, 0.15) is 0 Å². The van der Waals surface area contributed by atoms with E-state index in [4.69, 9.17) is 0 Å². The molecule has 0 bridgehead atoms. The molecular formula is C17H17BrN2O. The van der Waals surface area contributed by atoms with E-state index in [1.165, 1.54) is 5.56 Å². The van der Waals surface area contributed by atoms with Crippen molar-refractivity contribution in [1.82, 2.24) is 5.43 Å². The molecule has 2 aromatic carbocycles. The maximum absolute atomic E-state index is 11.7. The fraction of sp³-hybridized carbons (Fsp3) is 0.176. The normalized spacial score (nSPS) is 10.7. The monoisotopic (exact) mass is 344 g/mol. The number of nitrogens with one attached hydrogen (secondary N) is 1. The van der Waals surface area contributed by atoms with Crippen molar-refractivity contribution in [2.45, 2.75) is 19.3 Å². The molecular weight excluding hydrogens is 328 g/mol. The van der Waals surface area contributed by atoms with Crippen molar-refractivity contribution in [3.05, 3.63) is 70.2 Å². The summed E-state index contributed by atoms with van der Waals surface area (Å²) >= 11 is 3.43. The number of aryl methyl sites for hydroxylation is 1. The van der Waals surface area contributed by atoms with Gasteiger partial charge in [-0.15, -0.1) is 0 Å². The molecule has 0 aliphatic heterocycles. The highest BCUT2D eigenvalue weighted by Gasteiger charge is 2.00. The second kappa shape index (κ2) is 8.37. The molecule has 2 rings (SSSR count). The molecule has 0 aromatic heterocycles. The first kappa shape index (κ1) is 15.4. The summed E-state index contributed by atoms with van der Waals surface area (Å²) in [6.07, 6.45) is 3.84. The summed E-state index contributed by atoms with van der Waals surface area (Å²) in [5.41, 5.74) is 4.74. The molecule has 1 amide bonds. The number of carbonyl (C=O) groups excluding carboxylic acids is 1. The van der Waals surface area contributed by atoms with Crippen LogP contribution >= 0.6 is 15.9 Å². The molecule has 0 fully saturated rings. The van der Waals surface area contributed by atoms with Gasteiger partial charge in [-0.1, -0.05) is 64.5 Å². The van der Waals surface area contributed by atoms with Crippen LogP contribution in [-0.2, 0) is 11.2 Å². The SMILES string of the molecule is O=C(CCCc1ccccc1)N/N=C\c1ccccc1Br. The quantitative estimate of drug-likeness (QED) is 0.626. The lowest BCUT2D eigenvalue weighted by Gasteiger charge is -2.01. The lowest BCUT2D eigenvalue weighted by Crippen LogP contribution is -2.17. The van der Waals surface area contributed by atoms with Gasteiger partial charge < -0.3 is 0 Å². The minimum atomic E-state index is -0.0609. The van der Waals surface area contributed by atoms with Gasteiger partial charge in [0.25, 0.3) is 0 Å².